The number of halogens is 2. The van der Waals surface area contributed by atoms with Crippen LogP contribution in [0.15, 0.2) is 6.07 Å². The van der Waals surface area contributed by atoms with E-state index < -0.39 is 34.6 Å². The van der Waals surface area contributed by atoms with Gasteiger partial charge in [-0.1, -0.05) is 0 Å². The number of hydrogen-bond donors (Lipinski definition) is 3. The molecule has 1 rings (SSSR count). The van der Waals surface area contributed by atoms with E-state index in [1.165, 1.54) is 0 Å². The fraction of sp³-hybridized carbons (Fsp3) is 0. The van der Waals surface area contributed by atoms with E-state index >= 15 is 0 Å². The Balaban J connectivity index is 3.50. The molecule has 6 heteroatoms. The Morgan fingerprint density at radius 1 is 1.38 bits per heavy atom. The molecule has 0 fully saturated rings. The number of carboxylic acids is 1. The third-order valence-electron chi connectivity index (χ3n) is 1.44. The van der Waals surface area contributed by atoms with Crippen LogP contribution in [0.25, 0.3) is 0 Å². The van der Waals surface area contributed by atoms with E-state index in [9.17, 15) is 13.6 Å². The van der Waals surface area contributed by atoms with Gasteiger partial charge < -0.3 is 15.9 Å². The Bertz CT molecular complexity index is 378. The summed E-state index contributed by atoms with van der Waals surface area (Å²) in [4.78, 5) is 10.3. The molecule has 13 heavy (non-hydrogen) atoms. The van der Waals surface area contributed by atoms with Gasteiger partial charge in [0, 0.05) is 0 Å². The van der Waals surface area contributed by atoms with E-state index in [4.69, 9.17) is 15.9 Å². The molecule has 70 valence electrons. The predicted octanol–water partition coefficient (Wildman–Crippen LogP) is 0.951. The SMILES string of the molecule is Nc1cc(C(=O)O)c(O)c(F)c1F. The van der Waals surface area contributed by atoms with E-state index in [1.807, 2.05) is 0 Å². The fourth-order valence-electron chi connectivity index (χ4n) is 0.799. The first-order valence-corrected chi connectivity index (χ1v) is 3.15. The molecule has 0 aliphatic rings. The van der Waals surface area contributed by atoms with Crippen molar-refractivity contribution in [3.05, 3.63) is 23.3 Å². The Labute approximate surface area is 71.2 Å². The van der Waals surface area contributed by atoms with Gasteiger partial charge in [0.05, 0.1) is 5.69 Å². The molecule has 0 aliphatic heterocycles. The van der Waals surface area contributed by atoms with Crippen LogP contribution in [0.3, 0.4) is 0 Å². The average molecular weight is 189 g/mol. The first-order chi connectivity index (χ1) is 5.95. The number of phenols is 1. The van der Waals surface area contributed by atoms with Crippen molar-refractivity contribution < 1.29 is 23.8 Å². The first-order valence-electron chi connectivity index (χ1n) is 3.15. The summed E-state index contributed by atoms with van der Waals surface area (Å²) in [7, 11) is 0. The molecule has 0 saturated carbocycles. The van der Waals surface area contributed by atoms with E-state index in [2.05, 4.69) is 0 Å². The summed E-state index contributed by atoms with van der Waals surface area (Å²) in [6.07, 6.45) is 0. The molecule has 0 saturated heterocycles. The summed E-state index contributed by atoms with van der Waals surface area (Å²) in [6, 6.07) is 0.649. The van der Waals surface area contributed by atoms with E-state index in [0.717, 1.165) is 0 Å². The highest BCUT2D eigenvalue weighted by atomic mass is 19.2. The van der Waals surface area contributed by atoms with E-state index in [0.29, 0.717) is 6.07 Å². The van der Waals surface area contributed by atoms with E-state index in [-0.39, 0.29) is 0 Å². The second-order valence-corrected chi connectivity index (χ2v) is 2.30. The van der Waals surface area contributed by atoms with Crippen molar-refractivity contribution >= 4 is 11.7 Å². The summed E-state index contributed by atoms with van der Waals surface area (Å²) >= 11 is 0. The number of carbonyl (C=O) groups is 1. The lowest BCUT2D eigenvalue weighted by atomic mass is 10.1. The van der Waals surface area contributed by atoms with Gasteiger partial charge in [-0.25, -0.2) is 9.18 Å². The van der Waals surface area contributed by atoms with Crippen LogP contribution in [0.4, 0.5) is 14.5 Å². The van der Waals surface area contributed by atoms with Gasteiger partial charge in [0.25, 0.3) is 0 Å². The molecule has 4 nitrogen and oxygen atoms in total. The number of nitrogen functional groups attached to an aromatic ring is 1. The third kappa shape index (κ3) is 1.37. The van der Waals surface area contributed by atoms with Crippen molar-refractivity contribution in [3.63, 3.8) is 0 Å². The zero-order valence-corrected chi connectivity index (χ0v) is 6.21. The number of rotatable bonds is 1. The molecule has 1 aromatic rings. The zero-order valence-electron chi connectivity index (χ0n) is 6.21. The van der Waals surface area contributed by atoms with Crippen molar-refractivity contribution in [1.29, 1.82) is 0 Å². The molecule has 0 radical (unpaired) electrons. The number of anilines is 1. The lowest BCUT2D eigenvalue weighted by Crippen LogP contribution is -2.03. The predicted molar refractivity (Wildman–Crippen MR) is 39.4 cm³/mol. The van der Waals surface area contributed by atoms with Crippen molar-refractivity contribution in [2.75, 3.05) is 5.73 Å². The van der Waals surface area contributed by atoms with Crippen molar-refractivity contribution in [2.45, 2.75) is 0 Å². The van der Waals surface area contributed by atoms with Gasteiger partial charge in [-0.15, -0.1) is 0 Å². The average Bonchev–Trinajstić information content (AvgIpc) is 2.07. The van der Waals surface area contributed by atoms with Crippen molar-refractivity contribution in [3.8, 4) is 5.75 Å². The van der Waals surface area contributed by atoms with Crippen LogP contribution in [-0.2, 0) is 0 Å². The fourth-order valence-corrected chi connectivity index (χ4v) is 0.799. The monoisotopic (exact) mass is 189 g/mol. The molecular weight excluding hydrogens is 184 g/mol. The highest BCUT2D eigenvalue weighted by molar-refractivity contribution is 5.92. The van der Waals surface area contributed by atoms with Gasteiger partial charge in [0.1, 0.15) is 5.56 Å². The molecule has 0 unspecified atom stereocenters. The third-order valence-corrected chi connectivity index (χ3v) is 1.44. The first kappa shape index (κ1) is 9.24. The Morgan fingerprint density at radius 2 is 1.92 bits per heavy atom. The molecular formula is C7H5F2NO3. The van der Waals surface area contributed by atoms with Crippen LogP contribution >= 0.6 is 0 Å². The molecule has 0 aromatic heterocycles. The number of benzene rings is 1. The molecule has 1 aromatic carbocycles. The molecule has 0 amide bonds. The van der Waals surface area contributed by atoms with Crippen LogP contribution in [-0.4, -0.2) is 16.2 Å². The number of aromatic carboxylic acids is 1. The molecule has 4 N–H and O–H groups in total. The second-order valence-electron chi connectivity index (χ2n) is 2.30. The minimum atomic E-state index is -1.66. The Morgan fingerprint density at radius 3 is 2.38 bits per heavy atom. The van der Waals surface area contributed by atoms with Crippen LogP contribution in [0.1, 0.15) is 10.4 Å². The maximum Gasteiger partial charge on any atom is 0.339 e. The summed E-state index contributed by atoms with van der Waals surface area (Å²) in [6.45, 7) is 0. The molecule has 0 heterocycles. The van der Waals surface area contributed by atoms with Gasteiger partial charge in [0.15, 0.2) is 11.6 Å². The van der Waals surface area contributed by atoms with E-state index in [1.54, 1.807) is 0 Å². The Hall–Kier alpha value is -1.85. The van der Waals surface area contributed by atoms with Gasteiger partial charge >= 0.3 is 5.97 Å². The smallest absolute Gasteiger partial charge is 0.339 e. The largest absolute Gasteiger partial charge is 0.504 e. The number of nitrogens with two attached hydrogens (primary N) is 1. The summed E-state index contributed by atoms with van der Waals surface area (Å²) < 4.78 is 25.2. The quantitative estimate of drug-likeness (QED) is 0.453. The maximum atomic E-state index is 12.6. The number of hydrogen-bond acceptors (Lipinski definition) is 3. The summed E-state index contributed by atoms with van der Waals surface area (Å²) in [5.41, 5.74) is 3.51. The molecule has 0 atom stereocenters. The standard InChI is InChI=1S/C7H5F2NO3/c8-4-3(10)1-2(7(12)13)6(11)5(4)9/h1,11H,10H2,(H,12,13). The number of aromatic hydroxyl groups is 1. The maximum absolute atomic E-state index is 12.6. The molecule has 0 spiro atoms. The minimum Gasteiger partial charge on any atom is -0.504 e. The molecule has 0 bridgehead atoms. The van der Waals surface area contributed by atoms with Gasteiger partial charge in [-0.3, -0.25) is 0 Å². The minimum absolute atomic E-state index is 0.649. The lowest BCUT2D eigenvalue weighted by Gasteiger charge is -2.03. The molecule has 0 aliphatic carbocycles. The van der Waals surface area contributed by atoms with Gasteiger partial charge in [0.2, 0.25) is 5.82 Å². The highest BCUT2D eigenvalue weighted by Crippen LogP contribution is 2.27. The summed E-state index contributed by atoms with van der Waals surface area (Å²) in [5.74, 6) is -5.94. The second kappa shape index (κ2) is 2.89. The lowest BCUT2D eigenvalue weighted by molar-refractivity contribution is 0.0692. The van der Waals surface area contributed by atoms with Crippen molar-refractivity contribution in [1.82, 2.24) is 0 Å². The van der Waals surface area contributed by atoms with Crippen LogP contribution in [0.5, 0.6) is 5.75 Å². The van der Waals surface area contributed by atoms with Gasteiger partial charge in [-0.2, -0.15) is 4.39 Å². The van der Waals surface area contributed by atoms with Crippen LogP contribution in [0, 0.1) is 11.6 Å². The van der Waals surface area contributed by atoms with Gasteiger partial charge in [-0.05, 0) is 6.07 Å². The van der Waals surface area contributed by atoms with Crippen LogP contribution < -0.4 is 5.73 Å². The number of carboxylic acid groups (broad SMARTS) is 1. The van der Waals surface area contributed by atoms with Crippen molar-refractivity contribution in [2.24, 2.45) is 0 Å². The topological polar surface area (TPSA) is 83.6 Å². The highest BCUT2D eigenvalue weighted by Gasteiger charge is 2.20. The van der Waals surface area contributed by atoms with Crippen LogP contribution in [0.2, 0.25) is 0 Å². The summed E-state index contributed by atoms with van der Waals surface area (Å²) in [5, 5.41) is 17.2. The zero-order chi connectivity index (χ0) is 10.2. The normalized spacial score (nSPS) is 10.0. The Kier molecular flexibility index (Phi) is 2.05.